The Balaban J connectivity index is 1.29. The summed E-state index contributed by atoms with van der Waals surface area (Å²) in [6, 6.07) is 7.56. The molecule has 9 nitrogen and oxygen atoms in total. The van der Waals surface area contributed by atoms with E-state index in [0.717, 1.165) is 24.5 Å². The average molecular weight is 583 g/mol. The zero-order valence-electron chi connectivity index (χ0n) is 21.5. The van der Waals surface area contributed by atoms with Gasteiger partial charge in [-0.3, -0.25) is 9.69 Å². The van der Waals surface area contributed by atoms with Crippen molar-refractivity contribution in [1.29, 1.82) is 0 Å². The van der Waals surface area contributed by atoms with Crippen LogP contribution in [0.15, 0.2) is 53.7 Å². The molecule has 0 atom stereocenters. The second kappa shape index (κ2) is 11.8. The fraction of sp³-hybridized carbons (Fsp3) is 0.346. The van der Waals surface area contributed by atoms with E-state index in [1.54, 1.807) is 6.92 Å². The highest BCUT2D eigenvalue weighted by Gasteiger charge is 2.30. The van der Waals surface area contributed by atoms with Gasteiger partial charge < -0.3 is 14.8 Å². The zero-order chi connectivity index (χ0) is 29.1. The lowest BCUT2D eigenvalue weighted by molar-refractivity contribution is -0.137. The Bertz CT molecular complexity index is 1480. The smallest absolute Gasteiger partial charge is 0.416 e. The molecule has 40 heavy (non-hydrogen) atoms. The standard InChI is InChI=1S/C26H26F4N4O5S/c1-16-24(31-15-32-25(16)39-22-8-7-20(13-21(22)27)40(2,36)37)38-19-9-11-34(12-10-19)14-23(35)33-18-5-3-17(4-6-18)26(28,29)30/h3-8,13,15,19H,9-12,14H2,1-2H3,(H,33,35). The van der Waals surface area contributed by atoms with Crippen molar-refractivity contribution in [2.24, 2.45) is 0 Å². The van der Waals surface area contributed by atoms with Crippen LogP contribution < -0.4 is 14.8 Å². The van der Waals surface area contributed by atoms with Crippen LogP contribution in [0.5, 0.6) is 17.5 Å². The van der Waals surface area contributed by atoms with Crippen LogP contribution in [-0.4, -0.2) is 61.2 Å². The van der Waals surface area contributed by atoms with Crippen LogP contribution in [0.3, 0.4) is 0 Å². The predicted octanol–water partition coefficient (Wildman–Crippen LogP) is 4.62. The minimum Gasteiger partial charge on any atom is -0.474 e. The number of sulfone groups is 1. The van der Waals surface area contributed by atoms with Gasteiger partial charge in [-0.25, -0.2) is 22.8 Å². The van der Waals surface area contributed by atoms with Gasteiger partial charge in [0.25, 0.3) is 0 Å². The number of halogens is 4. The number of alkyl halides is 3. The summed E-state index contributed by atoms with van der Waals surface area (Å²) in [6.45, 7) is 2.79. The number of carbonyl (C=O) groups excluding carboxylic acids is 1. The maximum Gasteiger partial charge on any atom is 0.416 e. The Morgan fingerprint density at radius 3 is 2.33 bits per heavy atom. The molecule has 0 spiro atoms. The van der Waals surface area contributed by atoms with Crippen LogP contribution in [0.1, 0.15) is 24.0 Å². The second-order valence-electron chi connectivity index (χ2n) is 9.29. The number of likely N-dealkylation sites (tertiary alicyclic amines) is 1. The topological polar surface area (TPSA) is 111 Å². The van der Waals surface area contributed by atoms with E-state index in [1.165, 1.54) is 30.6 Å². The third kappa shape index (κ3) is 7.45. The quantitative estimate of drug-likeness (QED) is 0.383. The Hall–Kier alpha value is -3.78. The van der Waals surface area contributed by atoms with Crippen LogP contribution in [0.4, 0.5) is 23.2 Å². The van der Waals surface area contributed by atoms with Crippen molar-refractivity contribution in [3.63, 3.8) is 0 Å². The van der Waals surface area contributed by atoms with Crippen molar-refractivity contribution in [1.82, 2.24) is 14.9 Å². The summed E-state index contributed by atoms with van der Waals surface area (Å²) in [4.78, 5) is 22.3. The van der Waals surface area contributed by atoms with E-state index in [-0.39, 0.29) is 46.6 Å². The molecule has 3 aromatic rings. The normalized spacial score (nSPS) is 15.1. The molecule has 1 aliphatic rings. The van der Waals surface area contributed by atoms with E-state index < -0.39 is 27.4 Å². The molecule has 0 unspecified atom stereocenters. The summed E-state index contributed by atoms with van der Waals surface area (Å²) in [5, 5.41) is 2.60. The number of amides is 1. The first kappa shape index (κ1) is 29.2. The van der Waals surface area contributed by atoms with E-state index in [9.17, 15) is 30.8 Å². The Labute approximate surface area is 228 Å². The van der Waals surface area contributed by atoms with E-state index in [4.69, 9.17) is 9.47 Å². The molecule has 1 aliphatic heterocycles. The van der Waals surface area contributed by atoms with Gasteiger partial charge in [0.1, 0.15) is 12.4 Å². The number of carbonyl (C=O) groups is 1. The first-order chi connectivity index (χ1) is 18.8. The lowest BCUT2D eigenvalue weighted by atomic mass is 10.1. The highest BCUT2D eigenvalue weighted by Crippen LogP contribution is 2.32. The summed E-state index contributed by atoms with van der Waals surface area (Å²) in [6.07, 6.45) is -1.32. The number of hydrogen-bond acceptors (Lipinski definition) is 8. The molecule has 14 heteroatoms. The van der Waals surface area contributed by atoms with Crippen molar-refractivity contribution >= 4 is 21.4 Å². The van der Waals surface area contributed by atoms with Crippen LogP contribution in [0, 0.1) is 12.7 Å². The third-order valence-electron chi connectivity index (χ3n) is 6.21. The Morgan fingerprint density at radius 1 is 1.07 bits per heavy atom. The van der Waals surface area contributed by atoms with Crippen molar-refractivity contribution in [2.75, 3.05) is 31.2 Å². The van der Waals surface area contributed by atoms with E-state index >= 15 is 0 Å². The number of nitrogens with zero attached hydrogens (tertiary/aromatic N) is 3. The SMILES string of the molecule is Cc1c(Oc2ccc(S(C)(=O)=O)cc2F)ncnc1OC1CCN(CC(=O)Nc2ccc(C(F)(F)F)cc2)CC1. The number of ether oxygens (including phenoxy) is 2. The Morgan fingerprint density at radius 2 is 1.73 bits per heavy atom. The molecule has 1 N–H and O–H groups in total. The summed E-state index contributed by atoms with van der Waals surface area (Å²) in [7, 11) is -3.58. The second-order valence-corrected chi connectivity index (χ2v) is 11.3. The maximum absolute atomic E-state index is 14.4. The van der Waals surface area contributed by atoms with Crippen LogP contribution in [0.25, 0.3) is 0 Å². The van der Waals surface area contributed by atoms with E-state index in [1.807, 2.05) is 4.90 Å². The van der Waals surface area contributed by atoms with E-state index in [0.29, 0.717) is 31.5 Å². The van der Waals surface area contributed by atoms with Gasteiger partial charge in [-0.2, -0.15) is 13.2 Å². The average Bonchev–Trinajstić information content (AvgIpc) is 2.88. The van der Waals surface area contributed by atoms with Crippen molar-refractivity contribution in [2.45, 2.75) is 36.9 Å². The van der Waals surface area contributed by atoms with Crippen molar-refractivity contribution in [3.05, 3.63) is 65.7 Å². The summed E-state index contributed by atoms with van der Waals surface area (Å²) < 4.78 is 87.4. The van der Waals surface area contributed by atoms with Gasteiger partial charge >= 0.3 is 6.18 Å². The molecule has 2 aromatic carbocycles. The molecule has 0 radical (unpaired) electrons. The highest BCUT2D eigenvalue weighted by molar-refractivity contribution is 7.90. The molecule has 0 saturated carbocycles. The van der Waals surface area contributed by atoms with E-state index in [2.05, 4.69) is 15.3 Å². The van der Waals surface area contributed by atoms with Crippen molar-refractivity contribution in [3.8, 4) is 17.5 Å². The molecule has 0 bridgehead atoms. The van der Waals surface area contributed by atoms with Gasteiger partial charge in [0.2, 0.25) is 17.7 Å². The van der Waals surface area contributed by atoms with Crippen LogP contribution >= 0.6 is 0 Å². The first-order valence-corrected chi connectivity index (χ1v) is 14.0. The maximum atomic E-state index is 14.4. The number of aromatic nitrogens is 2. The Kier molecular flexibility index (Phi) is 8.59. The van der Waals surface area contributed by atoms with Gasteiger partial charge in [-0.05, 0) is 62.2 Å². The zero-order valence-corrected chi connectivity index (χ0v) is 22.4. The number of piperidine rings is 1. The fourth-order valence-corrected chi connectivity index (χ4v) is 4.66. The summed E-state index contributed by atoms with van der Waals surface area (Å²) in [5.41, 5.74) is -0.0901. The van der Waals surface area contributed by atoms with Crippen LogP contribution in [0.2, 0.25) is 0 Å². The molecule has 0 aliphatic carbocycles. The lowest BCUT2D eigenvalue weighted by Crippen LogP contribution is -2.42. The number of hydrogen-bond donors (Lipinski definition) is 1. The monoisotopic (exact) mass is 582 g/mol. The molecule has 2 heterocycles. The number of rotatable bonds is 8. The van der Waals surface area contributed by atoms with Gasteiger partial charge in [0.05, 0.1) is 22.6 Å². The van der Waals surface area contributed by atoms with Gasteiger partial charge in [0.15, 0.2) is 21.4 Å². The largest absolute Gasteiger partial charge is 0.474 e. The minimum absolute atomic E-state index is 0.0494. The molecular weight excluding hydrogens is 556 g/mol. The predicted molar refractivity (Wildman–Crippen MR) is 137 cm³/mol. The number of anilines is 1. The molecule has 1 saturated heterocycles. The lowest BCUT2D eigenvalue weighted by Gasteiger charge is -2.31. The molecule has 214 valence electrons. The number of nitrogens with one attached hydrogen (secondary N) is 1. The minimum atomic E-state index is -4.44. The van der Waals surface area contributed by atoms with Crippen LogP contribution in [-0.2, 0) is 20.8 Å². The molecular formula is C26H26F4N4O5S. The van der Waals surface area contributed by atoms with Crippen molar-refractivity contribution < 1.29 is 40.2 Å². The molecule has 1 aromatic heterocycles. The molecule has 1 amide bonds. The van der Waals surface area contributed by atoms with Gasteiger partial charge in [0, 0.05) is 25.0 Å². The van der Waals surface area contributed by atoms with Gasteiger partial charge in [-0.1, -0.05) is 0 Å². The first-order valence-electron chi connectivity index (χ1n) is 12.1. The summed E-state index contributed by atoms with van der Waals surface area (Å²) in [5.74, 6) is -1.12. The third-order valence-corrected chi connectivity index (χ3v) is 7.32. The molecule has 1 fully saturated rings. The summed E-state index contributed by atoms with van der Waals surface area (Å²) >= 11 is 0. The number of benzene rings is 2. The molecule has 4 rings (SSSR count). The fourth-order valence-electron chi connectivity index (χ4n) is 4.03. The van der Waals surface area contributed by atoms with Gasteiger partial charge in [-0.15, -0.1) is 0 Å². The highest BCUT2D eigenvalue weighted by atomic mass is 32.2.